The third kappa shape index (κ3) is 3.63. The monoisotopic (exact) mass is 284 g/mol. The first-order valence-electron chi connectivity index (χ1n) is 6.01. The third-order valence-corrected chi connectivity index (χ3v) is 3.52. The van der Waals surface area contributed by atoms with Gasteiger partial charge in [-0.05, 0) is 25.3 Å². The van der Waals surface area contributed by atoms with Crippen LogP contribution >= 0.6 is 0 Å². The number of piperidine rings is 1. The van der Waals surface area contributed by atoms with Crippen LogP contribution in [0.25, 0.3) is 0 Å². The van der Waals surface area contributed by atoms with Crippen LogP contribution in [0, 0.1) is 0 Å². The molecule has 1 atom stereocenters. The number of aromatic nitrogens is 2. The van der Waals surface area contributed by atoms with Crippen molar-refractivity contribution >= 4 is 21.7 Å². The van der Waals surface area contributed by atoms with Gasteiger partial charge < -0.3 is 4.90 Å². The van der Waals surface area contributed by atoms with Crippen LogP contribution in [-0.4, -0.2) is 43.1 Å². The van der Waals surface area contributed by atoms with Gasteiger partial charge in [0, 0.05) is 12.7 Å². The van der Waals surface area contributed by atoms with E-state index in [0.29, 0.717) is 18.8 Å². The maximum Gasteiger partial charge on any atom is 0.256 e. The van der Waals surface area contributed by atoms with E-state index in [4.69, 9.17) is 0 Å². The van der Waals surface area contributed by atoms with Crippen molar-refractivity contribution in [1.82, 2.24) is 14.7 Å². The quantitative estimate of drug-likeness (QED) is 0.834. The molecule has 0 spiro atoms. The van der Waals surface area contributed by atoms with Crippen molar-refractivity contribution in [3.05, 3.63) is 18.6 Å². The number of nitrogens with one attached hydrogen (secondary N) is 1. The van der Waals surface area contributed by atoms with E-state index in [1.807, 2.05) is 9.62 Å². The largest absolute Gasteiger partial charge is 0.344 e. The SMILES string of the molecule is CS(=O)(=O)NC(=O)C1CCCCN1c1ccncn1. The Kier molecular flexibility index (Phi) is 3.98. The molecule has 0 aromatic carbocycles. The van der Waals surface area contributed by atoms with Gasteiger partial charge in [-0.1, -0.05) is 0 Å². The summed E-state index contributed by atoms with van der Waals surface area (Å²) in [6.45, 7) is 0.679. The Labute approximate surface area is 112 Å². The minimum Gasteiger partial charge on any atom is -0.344 e. The molecule has 1 fully saturated rings. The average molecular weight is 284 g/mol. The van der Waals surface area contributed by atoms with Crippen LogP contribution in [0.3, 0.4) is 0 Å². The second kappa shape index (κ2) is 5.52. The number of hydrogen-bond donors (Lipinski definition) is 1. The van der Waals surface area contributed by atoms with Gasteiger partial charge in [0.15, 0.2) is 0 Å². The number of hydrogen-bond acceptors (Lipinski definition) is 6. The predicted octanol–water partition coefficient (Wildman–Crippen LogP) is -0.0887. The first kappa shape index (κ1) is 13.7. The number of anilines is 1. The molecule has 0 bridgehead atoms. The maximum atomic E-state index is 12.0. The van der Waals surface area contributed by atoms with Gasteiger partial charge in [0.2, 0.25) is 10.0 Å². The standard InChI is InChI=1S/C11H16N4O3S/c1-19(17,18)14-11(16)9-4-2-3-7-15(9)10-5-6-12-8-13-10/h5-6,8-9H,2-4,7H2,1H3,(H,14,16). The molecule has 1 aliphatic heterocycles. The van der Waals surface area contributed by atoms with Crippen molar-refractivity contribution in [3.63, 3.8) is 0 Å². The fraction of sp³-hybridized carbons (Fsp3) is 0.545. The van der Waals surface area contributed by atoms with E-state index in [1.165, 1.54) is 6.33 Å². The van der Waals surface area contributed by atoms with Crippen LogP contribution in [0.4, 0.5) is 5.82 Å². The molecule has 1 amide bonds. The van der Waals surface area contributed by atoms with Crippen LogP contribution in [-0.2, 0) is 14.8 Å². The van der Waals surface area contributed by atoms with Crippen molar-refractivity contribution in [2.45, 2.75) is 25.3 Å². The van der Waals surface area contributed by atoms with E-state index in [-0.39, 0.29) is 0 Å². The summed E-state index contributed by atoms with van der Waals surface area (Å²) >= 11 is 0. The molecule has 1 unspecified atom stereocenters. The number of nitrogens with zero attached hydrogens (tertiary/aromatic N) is 3. The van der Waals surface area contributed by atoms with Crippen LogP contribution < -0.4 is 9.62 Å². The van der Waals surface area contributed by atoms with E-state index in [1.54, 1.807) is 12.3 Å². The summed E-state index contributed by atoms with van der Waals surface area (Å²) in [6.07, 6.45) is 6.45. The Morgan fingerprint density at radius 3 is 2.89 bits per heavy atom. The highest BCUT2D eigenvalue weighted by Gasteiger charge is 2.30. The highest BCUT2D eigenvalue weighted by molar-refractivity contribution is 7.89. The van der Waals surface area contributed by atoms with Crippen molar-refractivity contribution in [2.75, 3.05) is 17.7 Å². The lowest BCUT2D eigenvalue weighted by Gasteiger charge is -2.35. The van der Waals surface area contributed by atoms with Crippen LogP contribution in [0.1, 0.15) is 19.3 Å². The molecule has 2 heterocycles. The molecule has 19 heavy (non-hydrogen) atoms. The first-order chi connectivity index (χ1) is 8.97. The van der Waals surface area contributed by atoms with Crippen molar-refractivity contribution in [3.8, 4) is 0 Å². The van der Waals surface area contributed by atoms with Gasteiger partial charge in [-0.25, -0.2) is 18.4 Å². The first-order valence-corrected chi connectivity index (χ1v) is 7.91. The van der Waals surface area contributed by atoms with Crippen molar-refractivity contribution in [2.24, 2.45) is 0 Å². The zero-order valence-electron chi connectivity index (χ0n) is 10.6. The summed E-state index contributed by atoms with van der Waals surface area (Å²) in [7, 11) is -3.54. The Morgan fingerprint density at radius 2 is 2.26 bits per heavy atom. The Balaban J connectivity index is 2.19. The highest BCUT2D eigenvalue weighted by Crippen LogP contribution is 2.22. The van der Waals surface area contributed by atoms with Gasteiger partial charge in [-0.2, -0.15) is 0 Å². The molecule has 2 rings (SSSR count). The number of carbonyl (C=O) groups excluding carboxylic acids is 1. The molecule has 0 radical (unpaired) electrons. The molecule has 1 N–H and O–H groups in total. The number of amides is 1. The number of carbonyl (C=O) groups is 1. The lowest BCUT2D eigenvalue weighted by molar-refractivity contribution is -0.121. The Morgan fingerprint density at radius 1 is 1.47 bits per heavy atom. The summed E-state index contributed by atoms with van der Waals surface area (Å²) in [5.74, 6) is 0.143. The molecule has 1 saturated heterocycles. The van der Waals surface area contributed by atoms with Crippen LogP contribution in [0.5, 0.6) is 0 Å². The minimum atomic E-state index is -3.54. The normalized spacial score (nSPS) is 20.1. The van der Waals surface area contributed by atoms with Gasteiger partial charge in [-0.15, -0.1) is 0 Å². The molecule has 0 aliphatic carbocycles. The number of sulfonamides is 1. The molecule has 1 aromatic heterocycles. The zero-order chi connectivity index (χ0) is 13.9. The Bertz CT molecular complexity index is 546. The summed E-state index contributed by atoms with van der Waals surface area (Å²) in [5.41, 5.74) is 0. The molecule has 1 aliphatic rings. The molecule has 8 heteroatoms. The van der Waals surface area contributed by atoms with Gasteiger partial charge in [0.25, 0.3) is 5.91 Å². The maximum absolute atomic E-state index is 12.0. The van der Waals surface area contributed by atoms with Crippen LogP contribution in [0.2, 0.25) is 0 Å². The van der Waals surface area contributed by atoms with Gasteiger partial charge in [0.1, 0.15) is 18.2 Å². The number of rotatable bonds is 3. The fourth-order valence-electron chi connectivity index (χ4n) is 2.18. The lowest BCUT2D eigenvalue weighted by atomic mass is 10.0. The minimum absolute atomic E-state index is 0.499. The van der Waals surface area contributed by atoms with Crippen LogP contribution in [0.15, 0.2) is 18.6 Å². The van der Waals surface area contributed by atoms with Crippen molar-refractivity contribution in [1.29, 1.82) is 0 Å². The summed E-state index contributed by atoms with van der Waals surface area (Å²) < 4.78 is 24.3. The topological polar surface area (TPSA) is 92.3 Å². The van der Waals surface area contributed by atoms with E-state index in [9.17, 15) is 13.2 Å². The Hall–Kier alpha value is -1.70. The molecule has 104 valence electrons. The van der Waals surface area contributed by atoms with E-state index < -0.39 is 22.0 Å². The molecule has 0 saturated carbocycles. The smallest absolute Gasteiger partial charge is 0.256 e. The van der Waals surface area contributed by atoms with Gasteiger partial charge in [-0.3, -0.25) is 9.52 Å². The van der Waals surface area contributed by atoms with Crippen molar-refractivity contribution < 1.29 is 13.2 Å². The van der Waals surface area contributed by atoms with Gasteiger partial charge in [0.05, 0.1) is 6.26 Å². The second-order valence-corrected chi connectivity index (χ2v) is 6.26. The molecule has 7 nitrogen and oxygen atoms in total. The van der Waals surface area contributed by atoms with E-state index in [0.717, 1.165) is 19.1 Å². The zero-order valence-corrected chi connectivity index (χ0v) is 11.4. The van der Waals surface area contributed by atoms with E-state index >= 15 is 0 Å². The molecular formula is C11H16N4O3S. The molecule has 1 aromatic rings. The highest BCUT2D eigenvalue weighted by atomic mass is 32.2. The lowest BCUT2D eigenvalue weighted by Crippen LogP contribution is -2.51. The van der Waals surface area contributed by atoms with E-state index in [2.05, 4.69) is 9.97 Å². The summed E-state index contributed by atoms with van der Waals surface area (Å²) in [5, 5.41) is 0. The summed E-state index contributed by atoms with van der Waals surface area (Å²) in [4.78, 5) is 21.8. The van der Waals surface area contributed by atoms with Gasteiger partial charge >= 0.3 is 0 Å². The summed E-state index contributed by atoms with van der Waals surface area (Å²) in [6, 6.07) is 1.21. The second-order valence-electron chi connectivity index (χ2n) is 4.51. The fourth-order valence-corrected chi connectivity index (χ4v) is 2.68. The average Bonchev–Trinajstić information content (AvgIpc) is 2.38. The third-order valence-electron chi connectivity index (χ3n) is 2.95. The predicted molar refractivity (Wildman–Crippen MR) is 70.0 cm³/mol. The molecular weight excluding hydrogens is 268 g/mol.